The third-order valence-corrected chi connectivity index (χ3v) is 4.75. The van der Waals surface area contributed by atoms with E-state index < -0.39 is 0 Å². The number of pyridine rings is 1. The van der Waals surface area contributed by atoms with Crippen molar-refractivity contribution in [1.29, 1.82) is 0 Å². The Kier molecular flexibility index (Phi) is 3.83. The van der Waals surface area contributed by atoms with E-state index in [1.807, 2.05) is 18.5 Å². The zero-order valence-corrected chi connectivity index (χ0v) is 13.5. The summed E-state index contributed by atoms with van der Waals surface area (Å²) in [5.41, 5.74) is 4.80. The number of fused-ring (bicyclic) bond motifs is 1. The number of hydrogen-bond acceptors (Lipinski definition) is 3. The standard InChI is InChI=1S/C19H22N4/c1-14-5-2-8-17-18(14)22-19(21-17)16-7-4-10-23(13-16)12-15-6-3-9-20-11-15/h2-3,5-6,8-9,11,16H,4,7,10,12-13H2,1H3,(H,21,22). The second-order valence-electron chi connectivity index (χ2n) is 6.53. The van der Waals surface area contributed by atoms with Crippen molar-refractivity contribution in [3.8, 4) is 0 Å². The van der Waals surface area contributed by atoms with Gasteiger partial charge in [-0.3, -0.25) is 9.88 Å². The maximum absolute atomic E-state index is 4.88. The van der Waals surface area contributed by atoms with Gasteiger partial charge in [-0.25, -0.2) is 4.98 Å². The van der Waals surface area contributed by atoms with Crippen LogP contribution in [-0.4, -0.2) is 32.9 Å². The first-order chi connectivity index (χ1) is 11.3. The Bertz CT molecular complexity index is 793. The van der Waals surface area contributed by atoms with Crippen molar-refractivity contribution in [2.45, 2.75) is 32.2 Å². The lowest BCUT2D eigenvalue weighted by atomic mass is 9.97. The predicted octanol–water partition coefficient (Wildman–Crippen LogP) is 3.65. The maximum Gasteiger partial charge on any atom is 0.111 e. The molecule has 1 saturated heterocycles. The van der Waals surface area contributed by atoms with E-state index in [1.54, 1.807) is 0 Å². The van der Waals surface area contributed by atoms with Gasteiger partial charge in [0.15, 0.2) is 0 Å². The number of likely N-dealkylation sites (tertiary alicyclic amines) is 1. The first kappa shape index (κ1) is 14.4. The van der Waals surface area contributed by atoms with Crippen LogP contribution in [0.3, 0.4) is 0 Å². The molecular weight excluding hydrogens is 284 g/mol. The first-order valence-corrected chi connectivity index (χ1v) is 8.36. The van der Waals surface area contributed by atoms with Crippen molar-refractivity contribution < 1.29 is 0 Å². The van der Waals surface area contributed by atoms with Crippen LogP contribution in [0.4, 0.5) is 0 Å². The van der Waals surface area contributed by atoms with Gasteiger partial charge in [0.25, 0.3) is 0 Å². The van der Waals surface area contributed by atoms with Gasteiger partial charge in [0.2, 0.25) is 0 Å². The Labute approximate surface area is 136 Å². The van der Waals surface area contributed by atoms with Crippen molar-refractivity contribution in [2.75, 3.05) is 13.1 Å². The number of imidazole rings is 1. The molecule has 4 heteroatoms. The van der Waals surface area contributed by atoms with E-state index in [1.165, 1.54) is 24.0 Å². The highest BCUT2D eigenvalue weighted by molar-refractivity contribution is 5.78. The Morgan fingerprint density at radius 1 is 1.26 bits per heavy atom. The number of rotatable bonds is 3. The van der Waals surface area contributed by atoms with Crippen LogP contribution in [0.2, 0.25) is 0 Å². The zero-order chi connectivity index (χ0) is 15.6. The number of nitrogens with one attached hydrogen (secondary N) is 1. The van der Waals surface area contributed by atoms with Crippen LogP contribution in [0.25, 0.3) is 11.0 Å². The van der Waals surface area contributed by atoms with Crippen molar-refractivity contribution >= 4 is 11.0 Å². The van der Waals surface area contributed by atoms with E-state index in [9.17, 15) is 0 Å². The normalized spacial score (nSPS) is 19.3. The molecule has 4 nitrogen and oxygen atoms in total. The first-order valence-electron chi connectivity index (χ1n) is 8.36. The third kappa shape index (κ3) is 2.99. The van der Waals surface area contributed by atoms with E-state index in [4.69, 9.17) is 4.98 Å². The van der Waals surface area contributed by atoms with Gasteiger partial charge in [-0.1, -0.05) is 18.2 Å². The molecule has 0 radical (unpaired) electrons. The molecule has 1 fully saturated rings. The molecular formula is C19H22N4. The van der Waals surface area contributed by atoms with Gasteiger partial charge in [-0.15, -0.1) is 0 Å². The number of benzene rings is 1. The minimum absolute atomic E-state index is 0.493. The van der Waals surface area contributed by atoms with Crippen LogP contribution in [-0.2, 0) is 6.54 Å². The number of aromatic amines is 1. The number of H-pyrrole nitrogens is 1. The van der Waals surface area contributed by atoms with Gasteiger partial charge >= 0.3 is 0 Å². The van der Waals surface area contributed by atoms with Crippen LogP contribution < -0.4 is 0 Å². The fourth-order valence-corrected chi connectivity index (χ4v) is 3.56. The molecule has 1 aliphatic rings. The molecule has 1 aromatic carbocycles. The summed E-state index contributed by atoms with van der Waals surface area (Å²) in [6.45, 7) is 5.32. The number of aromatic nitrogens is 3. The van der Waals surface area contributed by atoms with E-state index in [0.717, 1.165) is 36.5 Å². The highest BCUT2D eigenvalue weighted by Crippen LogP contribution is 2.28. The van der Waals surface area contributed by atoms with Crippen LogP contribution in [0.1, 0.15) is 35.7 Å². The van der Waals surface area contributed by atoms with Crippen LogP contribution in [0.5, 0.6) is 0 Å². The number of para-hydroxylation sites is 1. The molecule has 1 atom stereocenters. The van der Waals surface area contributed by atoms with Crippen LogP contribution in [0.15, 0.2) is 42.7 Å². The average Bonchev–Trinajstić information content (AvgIpc) is 3.02. The van der Waals surface area contributed by atoms with Gasteiger partial charge in [0, 0.05) is 31.4 Å². The van der Waals surface area contributed by atoms with Gasteiger partial charge in [-0.05, 0) is 49.6 Å². The lowest BCUT2D eigenvalue weighted by Crippen LogP contribution is -2.34. The van der Waals surface area contributed by atoms with Crippen molar-refractivity contribution in [2.24, 2.45) is 0 Å². The van der Waals surface area contributed by atoms with Gasteiger partial charge in [-0.2, -0.15) is 0 Å². The number of nitrogens with zero attached hydrogens (tertiary/aromatic N) is 3. The van der Waals surface area contributed by atoms with Crippen LogP contribution >= 0.6 is 0 Å². The predicted molar refractivity (Wildman–Crippen MR) is 92.3 cm³/mol. The molecule has 4 rings (SSSR count). The summed E-state index contributed by atoms with van der Waals surface area (Å²) in [5, 5.41) is 0. The molecule has 1 aliphatic heterocycles. The molecule has 23 heavy (non-hydrogen) atoms. The number of aryl methyl sites for hydroxylation is 1. The highest BCUT2D eigenvalue weighted by atomic mass is 15.1. The Morgan fingerprint density at radius 3 is 3.04 bits per heavy atom. The fraction of sp³-hybridized carbons (Fsp3) is 0.368. The molecule has 0 amide bonds. The largest absolute Gasteiger partial charge is 0.342 e. The Morgan fingerprint density at radius 2 is 2.22 bits per heavy atom. The van der Waals surface area contributed by atoms with Gasteiger partial charge in [0.1, 0.15) is 5.82 Å². The van der Waals surface area contributed by atoms with E-state index in [2.05, 4.69) is 46.1 Å². The summed E-state index contributed by atoms with van der Waals surface area (Å²) in [7, 11) is 0. The van der Waals surface area contributed by atoms with Crippen LogP contribution in [0, 0.1) is 6.92 Å². The second kappa shape index (κ2) is 6.13. The quantitative estimate of drug-likeness (QED) is 0.803. The molecule has 0 aliphatic carbocycles. The lowest BCUT2D eigenvalue weighted by molar-refractivity contribution is 0.197. The fourth-order valence-electron chi connectivity index (χ4n) is 3.56. The van der Waals surface area contributed by atoms with E-state index in [-0.39, 0.29) is 0 Å². The molecule has 1 N–H and O–H groups in total. The molecule has 0 spiro atoms. The number of piperidine rings is 1. The minimum Gasteiger partial charge on any atom is -0.342 e. The average molecular weight is 306 g/mol. The summed E-state index contributed by atoms with van der Waals surface area (Å²) < 4.78 is 0. The maximum atomic E-state index is 4.88. The molecule has 2 aromatic heterocycles. The zero-order valence-electron chi connectivity index (χ0n) is 13.5. The Hall–Kier alpha value is -2.20. The highest BCUT2D eigenvalue weighted by Gasteiger charge is 2.24. The summed E-state index contributed by atoms with van der Waals surface area (Å²) in [4.78, 5) is 15.2. The Balaban J connectivity index is 1.53. The summed E-state index contributed by atoms with van der Waals surface area (Å²) in [6, 6.07) is 10.5. The summed E-state index contributed by atoms with van der Waals surface area (Å²) in [5.74, 6) is 1.64. The SMILES string of the molecule is Cc1cccc2[nH]c(C3CCCN(Cc4cccnc4)C3)nc12. The van der Waals surface area contributed by atoms with Gasteiger partial charge in [0.05, 0.1) is 11.0 Å². The minimum atomic E-state index is 0.493. The topological polar surface area (TPSA) is 44.8 Å². The van der Waals surface area contributed by atoms with Crippen molar-refractivity contribution in [3.05, 3.63) is 59.7 Å². The smallest absolute Gasteiger partial charge is 0.111 e. The monoisotopic (exact) mass is 306 g/mol. The molecule has 118 valence electrons. The van der Waals surface area contributed by atoms with Crippen molar-refractivity contribution in [1.82, 2.24) is 19.9 Å². The molecule has 3 aromatic rings. The summed E-state index contributed by atoms with van der Waals surface area (Å²) >= 11 is 0. The molecule has 0 saturated carbocycles. The van der Waals surface area contributed by atoms with Gasteiger partial charge < -0.3 is 4.98 Å². The second-order valence-corrected chi connectivity index (χ2v) is 6.53. The summed E-state index contributed by atoms with van der Waals surface area (Å²) in [6.07, 6.45) is 6.23. The van der Waals surface area contributed by atoms with E-state index >= 15 is 0 Å². The van der Waals surface area contributed by atoms with E-state index in [0.29, 0.717) is 5.92 Å². The molecule has 0 bridgehead atoms. The molecule has 3 heterocycles. The van der Waals surface area contributed by atoms with Crippen molar-refractivity contribution in [3.63, 3.8) is 0 Å². The lowest BCUT2D eigenvalue weighted by Gasteiger charge is -2.31. The number of hydrogen-bond donors (Lipinski definition) is 1. The molecule has 1 unspecified atom stereocenters. The third-order valence-electron chi connectivity index (χ3n) is 4.75.